The first-order valence-electron chi connectivity index (χ1n) is 6.64. The number of carbonyl (C=O) groups is 1. The van der Waals surface area contributed by atoms with E-state index in [-0.39, 0.29) is 11.7 Å². The summed E-state index contributed by atoms with van der Waals surface area (Å²) in [5, 5.41) is 10.6. The predicted molar refractivity (Wildman–Crippen MR) is 79.9 cm³/mol. The molecule has 1 N–H and O–H groups in total. The van der Waals surface area contributed by atoms with Crippen LogP contribution >= 0.6 is 0 Å². The van der Waals surface area contributed by atoms with Crippen molar-refractivity contribution in [1.29, 1.82) is 0 Å². The number of benzene rings is 1. The number of aryl methyl sites for hydroxylation is 1. The zero-order valence-electron chi connectivity index (χ0n) is 11.8. The van der Waals surface area contributed by atoms with Crippen molar-refractivity contribution in [2.45, 2.75) is 6.92 Å². The van der Waals surface area contributed by atoms with Crippen LogP contribution in [-0.2, 0) is 0 Å². The topological polar surface area (TPSA) is 77.2 Å². The number of nitrogens with zero attached hydrogens (tertiary/aromatic N) is 2. The highest BCUT2D eigenvalue weighted by molar-refractivity contribution is 6.02. The van der Waals surface area contributed by atoms with Crippen molar-refractivity contribution >= 4 is 11.6 Å². The molecule has 2 aromatic heterocycles. The number of hydrogen-bond acceptors (Lipinski definition) is 5. The molecule has 0 saturated heterocycles. The largest absolute Gasteiger partial charge is 0.459 e. The fourth-order valence-corrected chi connectivity index (χ4v) is 1.77. The molecular formula is C16H13N3O3. The Kier molecular flexibility index (Phi) is 3.82. The Labute approximate surface area is 126 Å². The van der Waals surface area contributed by atoms with Crippen LogP contribution in [0, 0.1) is 6.92 Å². The van der Waals surface area contributed by atoms with Crippen molar-refractivity contribution in [3.63, 3.8) is 0 Å². The summed E-state index contributed by atoms with van der Waals surface area (Å²) >= 11 is 0. The van der Waals surface area contributed by atoms with Crippen LogP contribution < -0.4 is 10.1 Å². The quantitative estimate of drug-likeness (QED) is 0.798. The monoisotopic (exact) mass is 295 g/mol. The van der Waals surface area contributed by atoms with Crippen molar-refractivity contribution in [2.75, 3.05) is 5.32 Å². The number of amides is 1. The SMILES string of the molecule is Cc1ccc(Oc2ccc(NC(=O)c3ccco3)cc2)nn1. The number of carbonyl (C=O) groups excluding carboxylic acids is 1. The summed E-state index contributed by atoms with van der Waals surface area (Å²) in [7, 11) is 0. The van der Waals surface area contributed by atoms with E-state index in [1.165, 1.54) is 6.26 Å². The molecule has 1 aromatic carbocycles. The number of anilines is 1. The summed E-state index contributed by atoms with van der Waals surface area (Å²) in [5.74, 6) is 0.977. The van der Waals surface area contributed by atoms with E-state index in [1.54, 1.807) is 42.5 Å². The number of rotatable bonds is 4. The van der Waals surface area contributed by atoms with Crippen LogP contribution in [0.1, 0.15) is 16.2 Å². The first-order chi connectivity index (χ1) is 10.7. The van der Waals surface area contributed by atoms with Gasteiger partial charge in [0, 0.05) is 11.8 Å². The van der Waals surface area contributed by atoms with Gasteiger partial charge in [0.2, 0.25) is 5.88 Å². The second-order valence-corrected chi connectivity index (χ2v) is 4.57. The van der Waals surface area contributed by atoms with Crippen molar-refractivity contribution in [2.24, 2.45) is 0 Å². The molecule has 0 aliphatic rings. The van der Waals surface area contributed by atoms with Crippen LogP contribution in [0.4, 0.5) is 5.69 Å². The van der Waals surface area contributed by atoms with Gasteiger partial charge in [-0.3, -0.25) is 4.79 Å². The average molecular weight is 295 g/mol. The van der Waals surface area contributed by atoms with Gasteiger partial charge in [-0.25, -0.2) is 0 Å². The third-order valence-corrected chi connectivity index (χ3v) is 2.85. The number of nitrogens with one attached hydrogen (secondary N) is 1. The van der Waals surface area contributed by atoms with E-state index in [0.29, 0.717) is 17.3 Å². The molecule has 6 nitrogen and oxygen atoms in total. The van der Waals surface area contributed by atoms with Gasteiger partial charge in [-0.2, -0.15) is 5.10 Å². The maximum absolute atomic E-state index is 11.8. The summed E-state index contributed by atoms with van der Waals surface area (Å²) in [5.41, 5.74) is 1.46. The van der Waals surface area contributed by atoms with E-state index in [1.807, 2.05) is 13.0 Å². The second-order valence-electron chi connectivity index (χ2n) is 4.57. The van der Waals surface area contributed by atoms with Gasteiger partial charge in [0.1, 0.15) is 5.75 Å². The van der Waals surface area contributed by atoms with Crippen LogP contribution in [0.25, 0.3) is 0 Å². The molecule has 0 atom stereocenters. The molecule has 0 aliphatic heterocycles. The predicted octanol–water partition coefficient (Wildman–Crippen LogP) is 3.42. The van der Waals surface area contributed by atoms with E-state index in [4.69, 9.17) is 9.15 Å². The highest BCUT2D eigenvalue weighted by Gasteiger charge is 2.08. The van der Waals surface area contributed by atoms with Gasteiger partial charge in [0.15, 0.2) is 5.76 Å². The Hall–Kier alpha value is -3.15. The lowest BCUT2D eigenvalue weighted by atomic mass is 10.3. The van der Waals surface area contributed by atoms with Gasteiger partial charge in [-0.15, -0.1) is 5.10 Å². The molecule has 0 bridgehead atoms. The molecule has 3 aromatic rings. The van der Waals surface area contributed by atoms with Crippen LogP contribution in [0.3, 0.4) is 0 Å². The van der Waals surface area contributed by atoms with E-state index in [9.17, 15) is 4.79 Å². The fraction of sp³-hybridized carbons (Fsp3) is 0.0625. The van der Waals surface area contributed by atoms with Gasteiger partial charge in [0.05, 0.1) is 12.0 Å². The molecule has 22 heavy (non-hydrogen) atoms. The molecule has 2 heterocycles. The van der Waals surface area contributed by atoms with Gasteiger partial charge < -0.3 is 14.5 Å². The molecular weight excluding hydrogens is 282 g/mol. The maximum atomic E-state index is 11.8. The van der Waals surface area contributed by atoms with Gasteiger partial charge in [-0.05, 0) is 49.4 Å². The molecule has 3 rings (SSSR count). The second kappa shape index (κ2) is 6.09. The van der Waals surface area contributed by atoms with Crippen LogP contribution in [0.5, 0.6) is 11.6 Å². The minimum absolute atomic E-state index is 0.259. The summed E-state index contributed by atoms with van der Waals surface area (Å²) in [6.45, 7) is 1.85. The Morgan fingerprint density at radius 3 is 2.55 bits per heavy atom. The Morgan fingerprint density at radius 2 is 1.91 bits per heavy atom. The lowest BCUT2D eigenvalue weighted by molar-refractivity contribution is 0.0996. The lowest BCUT2D eigenvalue weighted by Crippen LogP contribution is -2.10. The Morgan fingerprint density at radius 1 is 1.09 bits per heavy atom. The average Bonchev–Trinajstić information content (AvgIpc) is 3.06. The summed E-state index contributed by atoms with van der Waals surface area (Å²) in [6.07, 6.45) is 1.45. The highest BCUT2D eigenvalue weighted by atomic mass is 16.5. The summed E-state index contributed by atoms with van der Waals surface area (Å²) in [4.78, 5) is 11.8. The normalized spacial score (nSPS) is 10.2. The minimum atomic E-state index is -0.303. The first-order valence-corrected chi connectivity index (χ1v) is 6.64. The van der Waals surface area contributed by atoms with Crippen molar-refractivity contribution in [3.8, 4) is 11.6 Å². The zero-order valence-corrected chi connectivity index (χ0v) is 11.8. The molecule has 0 unspecified atom stereocenters. The highest BCUT2D eigenvalue weighted by Crippen LogP contribution is 2.21. The van der Waals surface area contributed by atoms with Gasteiger partial charge >= 0.3 is 0 Å². The van der Waals surface area contributed by atoms with E-state index in [0.717, 1.165) is 5.69 Å². The molecule has 0 radical (unpaired) electrons. The fourth-order valence-electron chi connectivity index (χ4n) is 1.77. The summed E-state index contributed by atoms with van der Waals surface area (Å²) in [6, 6.07) is 13.8. The smallest absolute Gasteiger partial charge is 0.291 e. The Balaban J connectivity index is 1.65. The van der Waals surface area contributed by atoms with Crippen molar-refractivity contribution in [1.82, 2.24) is 10.2 Å². The molecule has 6 heteroatoms. The van der Waals surface area contributed by atoms with Gasteiger partial charge in [0.25, 0.3) is 5.91 Å². The molecule has 0 spiro atoms. The minimum Gasteiger partial charge on any atom is -0.459 e. The number of ether oxygens (including phenoxy) is 1. The van der Waals surface area contributed by atoms with Crippen molar-refractivity contribution < 1.29 is 13.9 Å². The van der Waals surface area contributed by atoms with Crippen LogP contribution in [0.15, 0.2) is 59.2 Å². The standard InChI is InChI=1S/C16H13N3O3/c1-11-4-9-15(19-18-11)22-13-7-5-12(6-8-13)17-16(20)14-3-2-10-21-14/h2-10H,1H3,(H,17,20). The van der Waals surface area contributed by atoms with E-state index < -0.39 is 0 Å². The lowest BCUT2D eigenvalue weighted by Gasteiger charge is -2.06. The first kappa shape index (κ1) is 13.8. The molecule has 1 amide bonds. The van der Waals surface area contributed by atoms with Crippen molar-refractivity contribution in [3.05, 3.63) is 66.2 Å². The number of hydrogen-bond donors (Lipinski definition) is 1. The number of aromatic nitrogens is 2. The molecule has 0 aliphatic carbocycles. The van der Waals surface area contributed by atoms with Crippen LogP contribution in [-0.4, -0.2) is 16.1 Å². The third kappa shape index (κ3) is 3.29. The molecule has 0 fully saturated rings. The van der Waals surface area contributed by atoms with Gasteiger partial charge in [-0.1, -0.05) is 0 Å². The van der Waals surface area contributed by atoms with Crippen LogP contribution in [0.2, 0.25) is 0 Å². The third-order valence-electron chi connectivity index (χ3n) is 2.85. The Bertz CT molecular complexity index is 750. The summed E-state index contributed by atoms with van der Waals surface area (Å²) < 4.78 is 10.6. The molecule has 0 saturated carbocycles. The number of furan rings is 1. The van der Waals surface area contributed by atoms with E-state index >= 15 is 0 Å². The van der Waals surface area contributed by atoms with E-state index in [2.05, 4.69) is 15.5 Å². The molecule has 110 valence electrons. The zero-order chi connectivity index (χ0) is 15.4. The maximum Gasteiger partial charge on any atom is 0.291 e.